The van der Waals surface area contributed by atoms with Crippen LogP contribution >= 0.6 is 47.8 Å². The number of hydrogen-bond acceptors (Lipinski definition) is 1. The summed E-state index contributed by atoms with van der Waals surface area (Å²) in [6.45, 7) is 2.88. The maximum atomic E-state index is 3.59. The number of hydrogen-bond donors (Lipinski definition) is 1. The molecule has 0 atom stereocenters. The lowest BCUT2D eigenvalue weighted by Gasteiger charge is -2.10. The molecule has 0 bridgehead atoms. The van der Waals surface area contributed by atoms with E-state index in [-0.39, 0.29) is 0 Å². The largest absolute Gasteiger partial charge is 0.380 e. The van der Waals surface area contributed by atoms with Gasteiger partial charge in [0, 0.05) is 25.7 Å². The van der Waals surface area contributed by atoms with Crippen LogP contribution in [0.15, 0.2) is 49.8 Å². The zero-order valence-electron chi connectivity index (χ0n) is 9.81. The second-order valence-corrected chi connectivity index (χ2v) is 6.70. The van der Waals surface area contributed by atoms with Crippen LogP contribution in [0.2, 0.25) is 0 Å². The predicted octanol–water partition coefficient (Wildman–Crippen LogP) is 5.89. The number of aryl methyl sites for hydroxylation is 1. The van der Waals surface area contributed by atoms with Crippen molar-refractivity contribution in [3.63, 3.8) is 0 Å². The molecule has 0 aliphatic heterocycles. The van der Waals surface area contributed by atoms with E-state index in [2.05, 4.69) is 84.3 Å². The van der Waals surface area contributed by atoms with Crippen molar-refractivity contribution in [3.05, 3.63) is 60.9 Å². The first kappa shape index (κ1) is 14.1. The normalized spacial score (nSPS) is 10.4. The Morgan fingerprint density at radius 1 is 0.944 bits per heavy atom. The Balaban J connectivity index is 2.11. The van der Waals surface area contributed by atoms with Gasteiger partial charge in [-0.05, 0) is 58.2 Å². The fourth-order valence-corrected chi connectivity index (χ4v) is 3.44. The Bertz CT molecular complexity index is 515. The summed E-state index contributed by atoms with van der Waals surface area (Å²) in [6.07, 6.45) is 0. The SMILES string of the molecule is Cc1ccc(CNc2ccc(Br)cc2Br)c(Br)c1. The molecule has 0 aliphatic rings. The maximum absolute atomic E-state index is 3.59. The molecule has 0 aromatic heterocycles. The molecule has 18 heavy (non-hydrogen) atoms. The van der Waals surface area contributed by atoms with Gasteiger partial charge in [0.15, 0.2) is 0 Å². The van der Waals surface area contributed by atoms with Crippen molar-refractivity contribution in [2.75, 3.05) is 5.32 Å². The molecular weight excluding hydrogens is 422 g/mol. The van der Waals surface area contributed by atoms with Gasteiger partial charge in [0.1, 0.15) is 0 Å². The Kier molecular flexibility index (Phi) is 4.87. The van der Waals surface area contributed by atoms with Gasteiger partial charge in [0.05, 0.1) is 0 Å². The Labute approximate surface area is 132 Å². The van der Waals surface area contributed by atoms with E-state index >= 15 is 0 Å². The lowest BCUT2D eigenvalue weighted by molar-refractivity contribution is 1.13. The summed E-state index contributed by atoms with van der Waals surface area (Å²) in [7, 11) is 0. The van der Waals surface area contributed by atoms with Gasteiger partial charge in [-0.25, -0.2) is 0 Å². The fourth-order valence-electron chi connectivity index (χ4n) is 1.62. The average molecular weight is 434 g/mol. The van der Waals surface area contributed by atoms with Crippen LogP contribution < -0.4 is 5.32 Å². The third-order valence-corrected chi connectivity index (χ3v) is 4.50. The molecule has 0 radical (unpaired) electrons. The molecule has 0 fully saturated rings. The van der Waals surface area contributed by atoms with Crippen molar-refractivity contribution < 1.29 is 0 Å². The minimum Gasteiger partial charge on any atom is -0.380 e. The zero-order valence-corrected chi connectivity index (χ0v) is 14.6. The second kappa shape index (κ2) is 6.22. The minimum absolute atomic E-state index is 0.793. The number of halogens is 3. The number of nitrogens with one attached hydrogen (secondary N) is 1. The standard InChI is InChI=1S/C14H12Br3N/c1-9-2-3-10(12(16)6-9)8-18-14-5-4-11(15)7-13(14)17/h2-7,18H,8H2,1H3. The topological polar surface area (TPSA) is 12.0 Å². The van der Waals surface area contributed by atoms with Crippen molar-refractivity contribution >= 4 is 53.5 Å². The highest BCUT2D eigenvalue weighted by Crippen LogP contribution is 2.27. The quantitative estimate of drug-likeness (QED) is 0.635. The van der Waals surface area contributed by atoms with E-state index in [1.807, 2.05) is 12.1 Å². The van der Waals surface area contributed by atoms with Crippen LogP contribution in [0.3, 0.4) is 0 Å². The van der Waals surface area contributed by atoms with E-state index in [4.69, 9.17) is 0 Å². The van der Waals surface area contributed by atoms with Gasteiger partial charge in [0.25, 0.3) is 0 Å². The van der Waals surface area contributed by atoms with Crippen LogP contribution in [0, 0.1) is 6.92 Å². The summed E-state index contributed by atoms with van der Waals surface area (Å²) in [5, 5.41) is 3.42. The van der Waals surface area contributed by atoms with E-state index in [1.165, 1.54) is 11.1 Å². The van der Waals surface area contributed by atoms with E-state index in [1.54, 1.807) is 0 Å². The van der Waals surface area contributed by atoms with Crippen LogP contribution in [0.1, 0.15) is 11.1 Å². The third kappa shape index (κ3) is 3.59. The number of anilines is 1. The summed E-state index contributed by atoms with van der Waals surface area (Å²) >= 11 is 10.6. The second-order valence-electron chi connectivity index (χ2n) is 4.07. The lowest BCUT2D eigenvalue weighted by atomic mass is 10.1. The molecule has 2 aromatic carbocycles. The van der Waals surface area contributed by atoms with Gasteiger partial charge < -0.3 is 5.32 Å². The monoisotopic (exact) mass is 431 g/mol. The van der Waals surface area contributed by atoms with Crippen molar-refractivity contribution in [2.45, 2.75) is 13.5 Å². The lowest BCUT2D eigenvalue weighted by Crippen LogP contribution is -2.01. The highest BCUT2D eigenvalue weighted by atomic mass is 79.9. The summed E-state index contributed by atoms with van der Waals surface area (Å²) in [5.41, 5.74) is 3.59. The van der Waals surface area contributed by atoms with Crippen LogP contribution in [0.4, 0.5) is 5.69 Å². The predicted molar refractivity (Wildman–Crippen MR) is 88.0 cm³/mol. The van der Waals surface area contributed by atoms with Gasteiger partial charge in [-0.1, -0.05) is 44.0 Å². The van der Waals surface area contributed by atoms with Crippen molar-refractivity contribution in [3.8, 4) is 0 Å². The van der Waals surface area contributed by atoms with Gasteiger partial charge in [-0.15, -0.1) is 0 Å². The van der Waals surface area contributed by atoms with E-state index in [0.717, 1.165) is 25.7 Å². The van der Waals surface area contributed by atoms with E-state index < -0.39 is 0 Å². The number of rotatable bonds is 3. The molecule has 0 unspecified atom stereocenters. The van der Waals surface area contributed by atoms with Crippen LogP contribution in [0.5, 0.6) is 0 Å². The van der Waals surface area contributed by atoms with Gasteiger partial charge in [-0.3, -0.25) is 0 Å². The van der Waals surface area contributed by atoms with E-state index in [0.29, 0.717) is 0 Å². The van der Waals surface area contributed by atoms with E-state index in [9.17, 15) is 0 Å². The fraction of sp³-hybridized carbons (Fsp3) is 0.143. The molecule has 0 amide bonds. The molecule has 0 saturated carbocycles. The summed E-state index contributed by atoms with van der Waals surface area (Å²) in [5.74, 6) is 0. The summed E-state index contributed by atoms with van der Waals surface area (Å²) in [4.78, 5) is 0. The molecule has 94 valence electrons. The van der Waals surface area contributed by atoms with Crippen molar-refractivity contribution in [2.24, 2.45) is 0 Å². The summed E-state index contributed by atoms with van der Waals surface area (Å²) in [6, 6.07) is 12.5. The first-order valence-electron chi connectivity index (χ1n) is 5.50. The van der Waals surface area contributed by atoms with Gasteiger partial charge >= 0.3 is 0 Å². The zero-order chi connectivity index (χ0) is 13.1. The Morgan fingerprint density at radius 2 is 1.72 bits per heavy atom. The Hall–Kier alpha value is -0.320. The van der Waals surface area contributed by atoms with Gasteiger partial charge in [-0.2, -0.15) is 0 Å². The highest BCUT2D eigenvalue weighted by Gasteiger charge is 2.03. The molecule has 4 heteroatoms. The van der Waals surface area contributed by atoms with Crippen LogP contribution in [0.25, 0.3) is 0 Å². The minimum atomic E-state index is 0.793. The highest BCUT2D eigenvalue weighted by molar-refractivity contribution is 9.11. The molecule has 0 aliphatic carbocycles. The molecule has 2 rings (SSSR count). The Morgan fingerprint density at radius 3 is 2.39 bits per heavy atom. The molecule has 1 nitrogen and oxygen atoms in total. The molecular formula is C14H12Br3N. The molecule has 0 heterocycles. The molecule has 0 saturated heterocycles. The first-order valence-corrected chi connectivity index (χ1v) is 7.88. The first-order chi connectivity index (χ1) is 8.56. The molecule has 2 aromatic rings. The summed E-state index contributed by atoms with van der Waals surface area (Å²) < 4.78 is 3.26. The molecule has 1 N–H and O–H groups in total. The molecule has 0 spiro atoms. The van der Waals surface area contributed by atoms with Crippen LogP contribution in [-0.2, 0) is 6.54 Å². The van der Waals surface area contributed by atoms with Gasteiger partial charge in [0.2, 0.25) is 0 Å². The smallest absolute Gasteiger partial charge is 0.0488 e. The average Bonchev–Trinajstić information content (AvgIpc) is 2.30. The van der Waals surface area contributed by atoms with Crippen molar-refractivity contribution in [1.82, 2.24) is 0 Å². The van der Waals surface area contributed by atoms with Crippen molar-refractivity contribution in [1.29, 1.82) is 0 Å². The number of benzene rings is 2. The van der Waals surface area contributed by atoms with Crippen LogP contribution in [-0.4, -0.2) is 0 Å². The maximum Gasteiger partial charge on any atom is 0.0488 e. The third-order valence-electron chi connectivity index (χ3n) is 2.61.